The second kappa shape index (κ2) is 5.96. The first-order chi connectivity index (χ1) is 10.6. The molecule has 3 rings (SSSR count). The number of likely N-dealkylation sites (tertiary alicyclic amines) is 1. The largest absolute Gasteiger partial charge is 0.324 e. The lowest BCUT2D eigenvalue weighted by molar-refractivity contribution is 0.0671. The molecular formula is C14H14F2N4OS. The number of benzene rings is 1. The monoisotopic (exact) mass is 324 g/mol. The minimum absolute atomic E-state index is 0.0105. The number of halogens is 2. The minimum Gasteiger partial charge on any atom is -0.317 e. The molecule has 1 fully saturated rings. The van der Waals surface area contributed by atoms with Crippen molar-refractivity contribution in [2.75, 3.05) is 11.9 Å². The summed E-state index contributed by atoms with van der Waals surface area (Å²) in [4.78, 5) is 13.9. The second-order valence-electron chi connectivity index (χ2n) is 5.16. The normalized spacial score (nSPS) is 20.8. The Labute approximate surface area is 130 Å². The van der Waals surface area contributed by atoms with Crippen LogP contribution in [0.5, 0.6) is 0 Å². The van der Waals surface area contributed by atoms with Crippen LogP contribution in [0.25, 0.3) is 0 Å². The molecule has 0 unspecified atom stereocenters. The Morgan fingerprint density at radius 2 is 2.09 bits per heavy atom. The Balaban J connectivity index is 1.69. The van der Waals surface area contributed by atoms with E-state index in [-0.39, 0.29) is 17.2 Å². The lowest BCUT2D eigenvalue weighted by atomic mass is 9.85. The van der Waals surface area contributed by atoms with Gasteiger partial charge < -0.3 is 4.90 Å². The maximum absolute atomic E-state index is 12.5. The Hall–Kier alpha value is -2.09. The highest BCUT2D eigenvalue weighted by molar-refractivity contribution is 7.15. The number of carbonyl (C=O) groups is 1. The van der Waals surface area contributed by atoms with Gasteiger partial charge in [-0.15, -0.1) is 10.2 Å². The fourth-order valence-electron chi connectivity index (χ4n) is 2.60. The first-order valence-corrected chi connectivity index (χ1v) is 7.62. The summed E-state index contributed by atoms with van der Waals surface area (Å²) in [5.74, 6) is 0.346. The number of aromatic nitrogens is 2. The number of hydrogen-bond acceptors (Lipinski definition) is 4. The van der Waals surface area contributed by atoms with Gasteiger partial charge in [-0.3, -0.25) is 5.32 Å². The minimum atomic E-state index is -2.68. The van der Waals surface area contributed by atoms with Gasteiger partial charge in [0.1, 0.15) is 0 Å². The molecule has 1 N–H and O–H groups in total. The van der Waals surface area contributed by atoms with Crippen LogP contribution < -0.4 is 5.32 Å². The highest BCUT2D eigenvalue weighted by atomic mass is 32.1. The van der Waals surface area contributed by atoms with Crippen LogP contribution >= 0.6 is 11.3 Å². The SMILES string of the molecule is C[C@@H]1CN(C(=O)Nc2nnc(C(F)F)s2)[C@@H]1c1ccccc1. The Kier molecular flexibility index (Phi) is 4.02. The number of nitrogens with zero attached hydrogens (tertiary/aromatic N) is 3. The standard InChI is InChI=1S/C14H14F2N4OS/c1-8-7-20(10(8)9-5-3-2-4-6-9)14(21)17-13-19-18-12(22-13)11(15)16/h2-6,8,10-11H,7H2,1H3,(H,17,19,21)/t8-,10+/m1/s1. The number of amides is 2. The van der Waals surface area contributed by atoms with E-state index in [0.29, 0.717) is 23.8 Å². The van der Waals surface area contributed by atoms with Crippen LogP contribution in [0.15, 0.2) is 30.3 Å². The van der Waals surface area contributed by atoms with Crippen molar-refractivity contribution in [1.29, 1.82) is 0 Å². The van der Waals surface area contributed by atoms with E-state index in [1.807, 2.05) is 30.3 Å². The van der Waals surface area contributed by atoms with Crippen molar-refractivity contribution in [2.45, 2.75) is 19.4 Å². The summed E-state index contributed by atoms with van der Waals surface area (Å²) in [7, 11) is 0. The lowest BCUT2D eigenvalue weighted by Gasteiger charge is -2.46. The summed E-state index contributed by atoms with van der Waals surface area (Å²) >= 11 is 0.688. The van der Waals surface area contributed by atoms with Crippen LogP contribution in [-0.2, 0) is 0 Å². The number of nitrogens with one attached hydrogen (secondary N) is 1. The van der Waals surface area contributed by atoms with Crippen LogP contribution in [0, 0.1) is 5.92 Å². The number of rotatable bonds is 3. The van der Waals surface area contributed by atoms with Gasteiger partial charge in [-0.05, 0) is 11.5 Å². The lowest BCUT2D eigenvalue weighted by Crippen LogP contribution is -2.53. The molecule has 22 heavy (non-hydrogen) atoms. The molecule has 5 nitrogen and oxygen atoms in total. The van der Waals surface area contributed by atoms with Crippen molar-refractivity contribution in [3.05, 3.63) is 40.9 Å². The first-order valence-electron chi connectivity index (χ1n) is 6.80. The van der Waals surface area contributed by atoms with Crippen molar-refractivity contribution in [3.63, 3.8) is 0 Å². The molecule has 1 aromatic carbocycles. The Bertz CT molecular complexity index is 664. The van der Waals surface area contributed by atoms with Gasteiger partial charge in [-0.25, -0.2) is 13.6 Å². The van der Waals surface area contributed by atoms with E-state index in [1.54, 1.807) is 4.90 Å². The van der Waals surface area contributed by atoms with Crippen molar-refractivity contribution < 1.29 is 13.6 Å². The maximum Gasteiger partial charge on any atom is 0.324 e. The molecule has 2 aromatic rings. The molecule has 0 radical (unpaired) electrons. The zero-order valence-electron chi connectivity index (χ0n) is 11.7. The third-order valence-electron chi connectivity index (χ3n) is 3.60. The van der Waals surface area contributed by atoms with Crippen LogP contribution in [-0.4, -0.2) is 27.7 Å². The van der Waals surface area contributed by atoms with E-state index < -0.39 is 11.4 Å². The number of hydrogen-bond donors (Lipinski definition) is 1. The van der Waals surface area contributed by atoms with Crippen molar-refractivity contribution in [2.24, 2.45) is 5.92 Å². The average Bonchev–Trinajstić information content (AvgIpc) is 2.94. The highest BCUT2D eigenvalue weighted by Crippen LogP contribution is 2.38. The number of urea groups is 1. The van der Waals surface area contributed by atoms with E-state index in [1.165, 1.54) is 0 Å². The van der Waals surface area contributed by atoms with Crippen molar-refractivity contribution in [1.82, 2.24) is 15.1 Å². The molecule has 2 heterocycles. The molecule has 116 valence electrons. The van der Waals surface area contributed by atoms with Gasteiger partial charge in [0.2, 0.25) is 5.13 Å². The maximum atomic E-state index is 12.5. The molecule has 2 atom stereocenters. The van der Waals surface area contributed by atoms with Gasteiger partial charge >= 0.3 is 6.03 Å². The van der Waals surface area contributed by atoms with Crippen LogP contribution in [0.2, 0.25) is 0 Å². The molecule has 1 aliphatic heterocycles. The quantitative estimate of drug-likeness (QED) is 0.936. The van der Waals surface area contributed by atoms with E-state index in [9.17, 15) is 13.6 Å². The fourth-order valence-corrected chi connectivity index (χ4v) is 3.19. The summed E-state index contributed by atoms with van der Waals surface area (Å²) in [6.45, 7) is 2.69. The zero-order chi connectivity index (χ0) is 15.7. The van der Waals surface area contributed by atoms with Crippen LogP contribution in [0.3, 0.4) is 0 Å². The van der Waals surface area contributed by atoms with Gasteiger partial charge in [0.15, 0.2) is 5.01 Å². The third kappa shape index (κ3) is 2.78. The van der Waals surface area contributed by atoms with Crippen molar-refractivity contribution >= 4 is 22.5 Å². The Morgan fingerprint density at radius 3 is 2.68 bits per heavy atom. The molecule has 0 bridgehead atoms. The molecule has 2 amide bonds. The first kappa shape index (κ1) is 14.8. The van der Waals surface area contributed by atoms with Gasteiger partial charge in [-0.1, -0.05) is 48.6 Å². The summed E-state index contributed by atoms with van der Waals surface area (Å²) in [5, 5.41) is 9.15. The van der Waals surface area contributed by atoms with E-state index in [2.05, 4.69) is 22.4 Å². The van der Waals surface area contributed by atoms with Crippen LogP contribution in [0.4, 0.5) is 18.7 Å². The summed E-state index contributed by atoms with van der Waals surface area (Å²) < 4.78 is 24.9. The predicted molar refractivity (Wildman–Crippen MR) is 78.9 cm³/mol. The van der Waals surface area contributed by atoms with Gasteiger partial charge in [0, 0.05) is 6.54 Å². The zero-order valence-corrected chi connectivity index (χ0v) is 12.6. The van der Waals surface area contributed by atoms with Crippen molar-refractivity contribution in [3.8, 4) is 0 Å². The van der Waals surface area contributed by atoms with E-state index in [4.69, 9.17) is 0 Å². The summed E-state index contributed by atoms with van der Waals surface area (Å²) in [6.07, 6.45) is -2.68. The molecule has 0 aliphatic carbocycles. The summed E-state index contributed by atoms with van der Waals surface area (Å²) in [6, 6.07) is 9.37. The second-order valence-corrected chi connectivity index (χ2v) is 6.17. The molecule has 8 heteroatoms. The van der Waals surface area contributed by atoms with Crippen LogP contribution in [0.1, 0.15) is 30.0 Å². The molecule has 1 aromatic heterocycles. The summed E-state index contributed by atoms with van der Waals surface area (Å²) in [5.41, 5.74) is 1.06. The molecule has 1 aliphatic rings. The van der Waals surface area contributed by atoms with Gasteiger partial charge in [0.05, 0.1) is 6.04 Å². The van der Waals surface area contributed by atoms with Gasteiger partial charge in [0.25, 0.3) is 6.43 Å². The third-order valence-corrected chi connectivity index (χ3v) is 4.45. The predicted octanol–water partition coefficient (Wildman–Crippen LogP) is 3.70. The highest BCUT2D eigenvalue weighted by Gasteiger charge is 2.40. The topological polar surface area (TPSA) is 58.1 Å². The fraction of sp³-hybridized carbons (Fsp3) is 0.357. The van der Waals surface area contributed by atoms with E-state index >= 15 is 0 Å². The molecular weight excluding hydrogens is 310 g/mol. The van der Waals surface area contributed by atoms with Gasteiger partial charge in [-0.2, -0.15) is 0 Å². The number of anilines is 1. The molecule has 0 spiro atoms. The van der Waals surface area contributed by atoms with E-state index in [0.717, 1.165) is 5.56 Å². The average molecular weight is 324 g/mol. The smallest absolute Gasteiger partial charge is 0.317 e. The Morgan fingerprint density at radius 1 is 1.36 bits per heavy atom. The number of alkyl halides is 2. The molecule has 1 saturated heterocycles. The number of carbonyl (C=O) groups excluding carboxylic acids is 1. The molecule has 0 saturated carbocycles.